The average Bonchev–Trinajstić information content (AvgIpc) is 2.66. The Morgan fingerprint density at radius 1 is 1.25 bits per heavy atom. The van der Waals surface area contributed by atoms with Crippen LogP contribution in [0, 0.1) is 11.3 Å². The lowest BCUT2D eigenvalue weighted by Crippen LogP contribution is -2.11. The van der Waals surface area contributed by atoms with Gasteiger partial charge in [0, 0.05) is 0 Å². The lowest BCUT2D eigenvalue weighted by Gasteiger charge is -2.10. The number of anilines is 1. The number of nitriles is 1. The molecule has 2 aromatic rings. The number of nitrogen functional groups attached to an aromatic ring is 1. The molecule has 0 spiro atoms. The molecule has 0 aliphatic carbocycles. The Morgan fingerprint density at radius 2 is 1.80 bits per heavy atom. The molecule has 9 heteroatoms. The predicted molar refractivity (Wildman–Crippen MR) is 67.7 cm³/mol. The molecule has 4 nitrogen and oxygen atoms in total. The Labute approximate surface area is 121 Å². The van der Waals surface area contributed by atoms with E-state index < -0.39 is 23.3 Å². The Kier molecular flexibility index (Phi) is 3.54. The first-order valence-electron chi connectivity index (χ1n) is 5.07. The number of hydrogen-bond donors (Lipinski definition) is 1. The molecule has 0 radical (unpaired) electrons. The van der Waals surface area contributed by atoms with Crippen molar-refractivity contribution >= 4 is 29.0 Å². The second-order valence-electron chi connectivity index (χ2n) is 3.70. The molecule has 0 amide bonds. The van der Waals surface area contributed by atoms with Crippen LogP contribution in [0.15, 0.2) is 18.2 Å². The molecule has 1 heterocycles. The largest absolute Gasteiger partial charge is 0.422 e. The van der Waals surface area contributed by atoms with Crippen molar-refractivity contribution in [2.45, 2.75) is 6.18 Å². The summed E-state index contributed by atoms with van der Waals surface area (Å²) in [6.45, 7) is 0. The van der Waals surface area contributed by atoms with Gasteiger partial charge in [0.05, 0.1) is 10.0 Å². The lowest BCUT2D eigenvalue weighted by molar-refractivity contribution is -0.137. The first-order valence-corrected chi connectivity index (χ1v) is 5.83. The van der Waals surface area contributed by atoms with Gasteiger partial charge in [-0.3, -0.25) is 0 Å². The van der Waals surface area contributed by atoms with Crippen molar-refractivity contribution in [3.05, 3.63) is 39.5 Å². The van der Waals surface area contributed by atoms with Crippen LogP contribution in [-0.4, -0.2) is 9.78 Å². The summed E-state index contributed by atoms with van der Waals surface area (Å²) < 4.78 is 39.3. The van der Waals surface area contributed by atoms with Gasteiger partial charge in [-0.25, -0.2) is 4.68 Å². The molecule has 2 N–H and O–H groups in total. The third-order valence-electron chi connectivity index (χ3n) is 2.46. The molecule has 1 aromatic carbocycles. The SMILES string of the molecule is N#Cc1nn(-c2c(Cl)cccc2Cl)c(N)c1C(F)(F)F. The van der Waals surface area contributed by atoms with Crippen molar-refractivity contribution in [1.82, 2.24) is 9.78 Å². The molecule has 1 aromatic heterocycles. The molecule has 0 atom stereocenters. The van der Waals surface area contributed by atoms with Gasteiger partial charge in [0.25, 0.3) is 0 Å². The molecular weight excluding hydrogens is 316 g/mol. The summed E-state index contributed by atoms with van der Waals surface area (Å²) in [4.78, 5) is 0. The molecule has 0 saturated heterocycles. The van der Waals surface area contributed by atoms with Crippen LogP contribution < -0.4 is 5.73 Å². The second-order valence-corrected chi connectivity index (χ2v) is 4.51. The van der Waals surface area contributed by atoms with Crippen LogP contribution in [0.5, 0.6) is 0 Å². The first kappa shape index (κ1) is 14.5. The standard InChI is InChI=1S/C11H5Cl2F3N4/c12-5-2-1-3-6(13)9(5)20-10(18)8(11(14,15)16)7(4-17)19-20/h1-3H,18H2. The highest BCUT2D eigenvalue weighted by atomic mass is 35.5. The molecular formula is C11H5Cl2F3N4. The summed E-state index contributed by atoms with van der Waals surface area (Å²) in [7, 11) is 0. The number of hydrogen-bond acceptors (Lipinski definition) is 3. The van der Waals surface area contributed by atoms with E-state index in [1.165, 1.54) is 24.3 Å². The summed E-state index contributed by atoms with van der Waals surface area (Å²) >= 11 is 11.8. The molecule has 0 unspecified atom stereocenters. The number of rotatable bonds is 1. The van der Waals surface area contributed by atoms with Crippen LogP contribution in [0.1, 0.15) is 11.3 Å². The third-order valence-corrected chi connectivity index (χ3v) is 3.07. The number of nitrogens with two attached hydrogens (primary N) is 1. The van der Waals surface area contributed by atoms with Gasteiger partial charge in [-0.15, -0.1) is 0 Å². The van der Waals surface area contributed by atoms with Crippen molar-refractivity contribution in [3.63, 3.8) is 0 Å². The number of alkyl halides is 3. The fourth-order valence-corrected chi connectivity index (χ4v) is 2.21. The molecule has 2 rings (SSSR count). The summed E-state index contributed by atoms with van der Waals surface area (Å²) in [5.41, 5.74) is 3.28. The zero-order valence-corrected chi connectivity index (χ0v) is 11.1. The van der Waals surface area contributed by atoms with E-state index in [0.717, 1.165) is 0 Å². The van der Waals surface area contributed by atoms with Crippen molar-refractivity contribution < 1.29 is 13.2 Å². The first-order chi connectivity index (χ1) is 9.27. The van der Waals surface area contributed by atoms with E-state index in [4.69, 9.17) is 34.2 Å². The van der Waals surface area contributed by atoms with E-state index >= 15 is 0 Å². The molecule has 0 saturated carbocycles. The minimum Gasteiger partial charge on any atom is -0.383 e. The number of benzene rings is 1. The van der Waals surface area contributed by atoms with Gasteiger partial charge in [-0.1, -0.05) is 29.3 Å². The fourth-order valence-electron chi connectivity index (χ4n) is 1.65. The normalized spacial score (nSPS) is 11.4. The quantitative estimate of drug-likeness (QED) is 0.872. The highest BCUT2D eigenvalue weighted by Gasteiger charge is 2.40. The Hall–Kier alpha value is -1.91. The smallest absolute Gasteiger partial charge is 0.383 e. The van der Waals surface area contributed by atoms with Gasteiger partial charge in [-0.05, 0) is 12.1 Å². The van der Waals surface area contributed by atoms with Crippen LogP contribution in [0.2, 0.25) is 10.0 Å². The number of para-hydroxylation sites is 1. The zero-order chi connectivity index (χ0) is 15.1. The van der Waals surface area contributed by atoms with Crippen LogP contribution in [-0.2, 0) is 6.18 Å². The molecule has 0 aliphatic heterocycles. The Balaban J connectivity index is 2.79. The minimum absolute atomic E-state index is 0.0136. The van der Waals surface area contributed by atoms with Crippen molar-refractivity contribution in [2.75, 3.05) is 5.73 Å². The monoisotopic (exact) mass is 320 g/mol. The minimum atomic E-state index is -4.80. The fraction of sp³-hybridized carbons (Fsp3) is 0.0909. The lowest BCUT2D eigenvalue weighted by atomic mass is 10.2. The summed E-state index contributed by atoms with van der Waals surface area (Å²) in [5, 5.41) is 12.4. The highest BCUT2D eigenvalue weighted by Crippen LogP contribution is 2.39. The van der Waals surface area contributed by atoms with Crippen molar-refractivity contribution in [2.24, 2.45) is 0 Å². The van der Waals surface area contributed by atoms with E-state index in [9.17, 15) is 13.2 Å². The van der Waals surface area contributed by atoms with Gasteiger partial charge in [-0.2, -0.15) is 23.5 Å². The van der Waals surface area contributed by atoms with Crippen LogP contribution in [0.25, 0.3) is 5.69 Å². The van der Waals surface area contributed by atoms with Gasteiger partial charge in [0.1, 0.15) is 23.1 Å². The van der Waals surface area contributed by atoms with Crippen LogP contribution in [0.3, 0.4) is 0 Å². The number of halogens is 5. The van der Waals surface area contributed by atoms with Crippen LogP contribution >= 0.6 is 23.2 Å². The molecule has 20 heavy (non-hydrogen) atoms. The van der Waals surface area contributed by atoms with Crippen molar-refractivity contribution in [1.29, 1.82) is 5.26 Å². The average molecular weight is 321 g/mol. The number of aromatic nitrogens is 2. The summed E-state index contributed by atoms with van der Waals surface area (Å²) in [5.74, 6) is -0.746. The maximum absolute atomic E-state index is 12.9. The zero-order valence-electron chi connectivity index (χ0n) is 9.54. The molecule has 0 fully saturated rings. The van der Waals surface area contributed by atoms with E-state index in [0.29, 0.717) is 4.68 Å². The molecule has 104 valence electrons. The summed E-state index contributed by atoms with van der Waals surface area (Å²) in [6.07, 6.45) is -4.80. The number of nitrogens with zero attached hydrogens (tertiary/aromatic N) is 3. The maximum atomic E-state index is 12.9. The summed E-state index contributed by atoms with van der Waals surface area (Å²) in [6, 6.07) is 5.71. The van der Waals surface area contributed by atoms with E-state index in [1.807, 2.05) is 0 Å². The Morgan fingerprint density at radius 3 is 2.20 bits per heavy atom. The second kappa shape index (κ2) is 4.89. The third kappa shape index (κ3) is 2.28. The maximum Gasteiger partial charge on any atom is 0.422 e. The van der Waals surface area contributed by atoms with Crippen LogP contribution in [0.4, 0.5) is 19.0 Å². The topological polar surface area (TPSA) is 67.6 Å². The molecule has 0 bridgehead atoms. The predicted octanol–water partition coefficient (Wildman–Crippen LogP) is 3.65. The van der Waals surface area contributed by atoms with Gasteiger partial charge in [0.15, 0.2) is 5.69 Å². The van der Waals surface area contributed by atoms with Gasteiger partial charge < -0.3 is 5.73 Å². The van der Waals surface area contributed by atoms with E-state index in [2.05, 4.69) is 5.10 Å². The van der Waals surface area contributed by atoms with Crippen molar-refractivity contribution in [3.8, 4) is 11.8 Å². The highest BCUT2D eigenvalue weighted by molar-refractivity contribution is 6.37. The van der Waals surface area contributed by atoms with E-state index in [1.54, 1.807) is 0 Å². The molecule has 0 aliphatic rings. The van der Waals surface area contributed by atoms with E-state index in [-0.39, 0.29) is 15.7 Å². The van der Waals surface area contributed by atoms with Gasteiger partial charge >= 0.3 is 6.18 Å². The Bertz CT molecular complexity index is 695. The van der Waals surface area contributed by atoms with Gasteiger partial charge in [0.2, 0.25) is 0 Å².